The maximum absolute atomic E-state index is 5.94. The number of hydrogen-bond acceptors (Lipinski definition) is 2. The van der Waals surface area contributed by atoms with E-state index in [2.05, 4.69) is 6.92 Å². The van der Waals surface area contributed by atoms with Crippen LogP contribution in [0.4, 0.5) is 0 Å². The molecule has 0 spiro atoms. The Labute approximate surface area is 110 Å². The Balaban J connectivity index is 2.00. The summed E-state index contributed by atoms with van der Waals surface area (Å²) in [6.45, 7) is 2.15. The first-order valence-corrected chi connectivity index (χ1v) is 7.72. The normalized spacial score (nSPS) is 10.3. The highest BCUT2D eigenvalue weighted by atomic mass is 28.3. The van der Waals surface area contributed by atoms with Gasteiger partial charge in [0.05, 0.1) is 0 Å². The molecule has 2 rings (SSSR count). The second-order valence-electron chi connectivity index (χ2n) is 3.95. The summed E-state index contributed by atoms with van der Waals surface area (Å²) in [4.78, 5) is 0. The van der Waals surface area contributed by atoms with Gasteiger partial charge in [0.25, 0.3) is 0 Å². The van der Waals surface area contributed by atoms with Crippen molar-refractivity contribution in [3.8, 4) is 11.5 Å². The van der Waals surface area contributed by atoms with Crippen molar-refractivity contribution in [2.24, 2.45) is 0 Å². The highest BCUT2D eigenvalue weighted by molar-refractivity contribution is 6.46. The van der Waals surface area contributed by atoms with Crippen molar-refractivity contribution < 1.29 is 8.85 Å². The molecule has 0 atom stereocenters. The topological polar surface area (TPSA) is 18.5 Å². The molecule has 0 aliphatic heterocycles. The fourth-order valence-corrected chi connectivity index (χ4v) is 3.02. The third kappa shape index (κ3) is 3.93. The van der Waals surface area contributed by atoms with Crippen LogP contribution in [0.15, 0.2) is 60.7 Å². The Kier molecular flexibility index (Phi) is 4.84. The molecule has 0 aliphatic carbocycles. The monoisotopic (exact) mass is 257 g/mol. The van der Waals surface area contributed by atoms with Gasteiger partial charge in [-0.05, 0) is 24.3 Å². The summed E-state index contributed by atoms with van der Waals surface area (Å²) in [5, 5.41) is 0. The third-order valence-electron chi connectivity index (χ3n) is 2.40. The van der Waals surface area contributed by atoms with Gasteiger partial charge in [0.2, 0.25) is 0 Å². The highest BCUT2D eigenvalue weighted by Gasteiger charge is 2.19. The van der Waals surface area contributed by atoms with Crippen LogP contribution < -0.4 is 8.85 Å². The Hall–Kier alpha value is -1.74. The molecule has 3 heteroatoms. The Bertz CT molecular complexity index is 403. The number of rotatable bonds is 6. The van der Waals surface area contributed by atoms with Gasteiger partial charge < -0.3 is 8.85 Å². The fraction of sp³-hybridized carbons (Fsp3) is 0.200. The molecule has 0 N–H and O–H groups in total. The molecule has 0 aromatic heterocycles. The van der Waals surface area contributed by atoms with Crippen molar-refractivity contribution in [3.63, 3.8) is 0 Å². The lowest BCUT2D eigenvalue weighted by Crippen LogP contribution is -2.29. The van der Waals surface area contributed by atoms with E-state index in [4.69, 9.17) is 8.85 Å². The maximum Gasteiger partial charge on any atom is 0.532 e. The van der Waals surface area contributed by atoms with Gasteiger partial charge in [-0.2, -0.15) is 0 Å². The molecule has 2 nitrogen and oxygen atoms in total. The summed E-state index contributed by atoms with van der Waals surface area (Å²) in [6, 6.07) is 20.7. The first-order chi connectivity index (χ1) is 8.88. The van der Waals surface area contributed by atoms with Crippen LogP contribution in [0.3, 0.4) is 0 Å². The summed E-state index contributed by atoms with van der Waals surface area (Å²) in [5.74, 6) is 1.77. The molecule has 1 radical (unpaired) electrons. The lowest BCUT2D eigenvalue weighted by Gasteiger charge is -2.16. The van der Waals surface area contributed by atoms with E-state index in [0.717, 1.165) is 24.0 Å². The van der Waals surface area contributed by atoms with Gasteiger partial charge in [-0.15, -0.1) is 0 Å². The zero-order chi connectivity index (χ0) is 12.6. The van der Waals surface area contributed by atoms with Crippen molar-refractivity contribution in [1.82, 2.24) is 0 Å². The molecule has 2 aromatic carbocycles. The van der Waals surface area contributed by atoms with Crippen molar-refractivity contribution in [3.05, 3.63) is 60.7 Å². The van der Waals surface area contributed by atoms with Crippen molar-refractivity contribution in [1.29, 1.82) is 0 Å². The summed E-state index contributed by atoms with van der Waals surface area (Å²) >= 11 is 0. The van der Waals surface area contributed by atoms with Crippen molar-refractivity contribution in [2.45, 2.75) is 19.4 Å². The first-order valence-electron chi connectivity index (χ1n) is 6.20. The molecule has 0 saturated heterocycles. The van der Waals surface area contributed by atoms with Crippen LogP contribution in [-0.4, -0.2) is 9.28 Å². The number of para-hydroxylation sites is 2. The first kappa shape index (κ1) is 12.7. The molecule has 0 aliphatic rings. The summed E-state index contributed by atoms with van der Waals surface area (Å²) in [6.07, 6.45) is 1.06. The second-order valence-corrected chi connectivity index (χ2v) is 5.60. The number of benzene rings is 2. The van der Waals surface area contributed by atoms with Gasteiger partial charge in [-0.25, -0.2) is 0 Å². The van der Waals surface area contributed by atoms with E-state index in [1.54, 1.807) is 0 Å². The number of hydrogen-bond donors (Lipinski definition) is 0. The molecule has 0 heterocycles. The molecule has 18 heavy (non-hydrogen) atoms. The van der Waals surface area contributed by atoms with Crippen LogP contribution in [0.2, 0.25) is 6.04 Å². The minimum atomic E-state index is -1.30. The maximum atomic E-state index is 5.94. The van der Waals surface area contributed by atoms with E-state index in [-0.39, 0.29) is 0 Å². The predicted octanol–water partition coefficient (Wildman–Crippen LogP) is 4.04. The van der Waals surface area contributed by atoms with Crippen LogP contribution in [-0.2, 0) is 0 Å². The lowest BCUT2D eigenvalue weighted by atomic mass is 10.3. The molecule has 0 unspecified atom stereocenters. The lowest BCUT2D eigenvalue weighted by molar-refractivity contribution is 0.420. The predicted molar refractivity (Wildman–Crippen MR) is 75.0 cm³/mol. The highest BCUT2D eigenvalue weighted by Crippen LogP contribution is 2.16. The van der Waals surface area contributed by atoms with Crippen LogP contribution in [0.25, 0.3) is 0 Å². The minimum Gasteiger partial charge on any atom is -0.510 e. The zero-order valence-corrected chi connectivity index (χ0v) is 11.5. The van der Waals surface area contributed by atoms with Crippen LogP contribution >= 0.6 is 0 Å². The van der Waals surface area contributed by atoms with E-state index >= 15 is 0 Å². The van der Waals surface area contributed by atoms with E-state index in [1.165, 1.54) is 0 Å². The molecule has 0 bridgehead atoms. The Morgan fingerprint density at radius 1 is 0.778 bits per heavy atom. The average molecular weight is 257 g/mol. The average Bonchev–Trinajstić information content (AvgIpc) is 2.41. The van der Waals surface area contributed by atoms with Gasteiger partial charge in [-0.3, -0.25) is 0 Å². The molecule has 2 aromatic rings. The molecule has 0 fully saturated rings. The van der Waals surface area contributed by atoms with E-state index in [1.807, 2.05) is 60.7 Å². The SMILES string of the molecule is CCC[Si](Oc1ccccc1)Oc1ccccc1. The van der Waals surface area contributed by atoms with Gasteiger partial charge in [0.1, 0.15) is 11.5 Å². The summed E-state index contributed by atoms with van der Waals surface area (Å²) in [5.41, 5.74) is 0. The van der Waals surface area contributed by atoms with Crippen LogP contribution in [0.5, 0.6) is 11.5 Å². The van der Waals surface area contributed by atoms with Crippen LogP contribution in [0, 0.1) is 0 Å². The zero-order valence-electron chi connectivity index (χ0n) is 10.5. The largest absolute Gasteiger partial charge is 0.532 e. The van der Waals surface area contributed by atoms with Gasteiger partial charge in [0.15, 0.2) is 0 Å². The summed E-state index contributed by atoms with van der Waals surface area (Å²) in [7, 11) is -1.30. The minimum absolute atomic E-state index is 0.885. The van der Waals surface area contributed by atoms with E-state index in [0.29, 0.717) is 0 Å². The van der Waals surface area contributed by atoms with E-state index in [9.17, 15) is 0 Å². The molecular weight excluding hydrogens is 240 g/mol. The standard InChI is InChI=1S/C15H17O2Si/c1-2-13-18(16-14-9-5-3-6-10-14)17-15-11-7-4-8-12-15/h3-12H,2,13H2,1H3. The van der Waals surface area contributed by atoms with Crippen LogP contribution in [0.1, 0.15) is 13.3 Å². The Morgan fingerprint density at radius 2 is 1.22 bits per heavy atom. The quantitative estimate of drug-likeness (QED) is 0.727. The molecule has 93 valence electrons. The second kappa shape index (κ2) is 6.86. The Morgan fingerprint density at radius 3 is 1.61 bits per heavy atom. The van der Waals surface area contributed by atoms with Crippen molar-refractivity contribution >= 4 is 9.28 Å². The molecule has 0 saturated carbocycles. The smallest absolute Gasteiger partial charge is 0.510 e. The van der Waals surface area contributed by atoms with Gasteiger partial charge in [-0.1, -0.05) is 49.7 Å². The van der Waals surface area contributed by atoms with Gasteiger partial charge >= 0.3 is 9.28 Å². The van der Waals surface area contributed by atoms with E-state index < -0.39 is 9.28 Å². The molecular formula is C15H17O2Si. The van der Waals surface area contributed by atoms with Crippen molar-refractivity contribution in [2.75, 3.05) is 0 Å². The van der Waals surface area contributed by atoms with Gasteiger partial charge in [0, 0.05) is 6.04 Å². The summed E-state index contributed by atoms with van der Waals surface area (Å²) < 4.78 is 11.9. The third-order valence-corrected chi connectivity index (χ3v) is 4.24. The molecule has 0 amide bonds. The fourth-order valence-electron chi connectivity index (χ4n) is 1.57.